The van der Waals surface area contributed by atoms with Gasteiger partial charge in [0, 0.05) is 6.92 Å². The van der Waals surface area contributed by atoms with Gasteiger partial charge in [0.2, 0.25) is 6.10 Å². The van der Waals surface area contributed by atoms with Crippen molar-refractivity contribution in [2.75, 3.05) is 5.75 Å². The molecule has 0 aromatic rings. The van der Waals surface area contributed by atoms with Crippen LogP contribution in [0.25, 0.3) is 0 Å². The highest BCUT2D eigenvalue weighted by atomic mass is 32.2. The standard InChI is InChI=1S/C19H24F8O7S/c1-17(20,21)16(19(25,26)27)34-15(29)12-5-3-9-6-11(4-2-10(9)7-12)14(28)33-13(18(22,23)24)8-35(30,31)32/h9-13,16H,2-8H2,1H3,(H,30,31,32). The molecule has 2 saturated carbocycles. The molecule has 16 heteroatoms. The van der Waals surface area contributed by atoms with Crippen LogP contribution in [0, 0.1) is 23.7 Å². The quantitative estimate of drug-likeness (QED) is 0.287. The lowest BCUT2D eigenvalue weighted by Gasteiger charge is -2.41. The zero-order valence-electron chi connectivity index (χ0n) is 18.2. The van der Waals surface area contributed by atoms with Crippen LogP contribution in [-0.4, -0.2) is 61.1 Å². The lowest BCUT2D eigenvalue weighted by molar-refractivity contribution is -0.275. The van der Waals surface area contributed by atoms with Gasteiger partial charge in [-0.15, -0.1) is 0 Å². The monoisotopic (exact) mass is 548 g/mol. The number of carbonyl (C=O) groups is 2. The number of hydrogen-bond donors (Lipinski definition) is 1. The molecule has 2 fully saturated rings. The number of hydrogen-bond acceptors (Lipinski definition) is 6. The van der Waals surface area contributed by atoms with Gasteiger partial charge in [-0.1, -0.05) is 0 Å². The second kappa shape index (κ2) is 10.3. The highest BCUT2D eigenvalue weighted by Gasteiger charge is 2.57. The molecule has 2 aliphatic rings. The van der Waals surface area contributed by atoms with Gasteiger partial charge < -0.3 is 9.47 Å². The fourth-order valence-electron chi connectivity index (χ4n) is 4.61. The summed E-state index contributed by atoms with van der Waals surface area (Å²) in [5.41, 5.74) is 0. The second-order valence-corrected chi connectivity index (χ2v) is 10.6. The molecular formula is C19H24F8O7S. The Hall–Kier alpha value is -1.71. The molecular weight excluding hydrogens is 524 g/mol. The van der Waals surface area contributed by atoms with E-state index < -0.39 is 70.1 Å². The summed E-state index contributed by atoms with van der Waals surface area (Å²) in [6, 6.07) is 0. The minimum absolute atomic E-state index is 0.000930. The van der Waals surface area contributed by atoms with Crippen molar-refractivity contribution in [3.8, 4) is 0 Å². The summed E-state index contributed by atoms with van der Waals surface area (Å²) >= 11 is 0. The summed E-state index contributed by atoms with van der Waals surface area (Å²) in [6.07, 6.45) is -17.0. The molecule has 204 valence electrons. The third-order valence-corrected chi connectivity index (χ3v) is 6.98. The molecule has 0 aliphatic heterocycles. The van der Waals surface area contributed by atoms with E-state index in [-0.39, 0.29) is 57.3 Å². The number of esters is 2. The smallest absolute Gasteiger partial charge is 0.431 e. The Balaban J connectivity index is 1.97. The second-order valence-electron chi connectivity index (χ2n) is 9.07. The first-order chi connectivity index (χ1) is 15.7. The van der Waals surface area contributed by atoms with Crippen molar-refractivity contribution in [2.45, 2.75) is 75.9 Å². The van der Waals surface area contributed by atoms with E-state index in [0.29, 0.717) is 0 Å². The molecule has 6 unspecified atom stereocenters. The lowest BCUT2D eigenvalue weighted by atomic mass is 9.65. The largest absolute Gasteiger partial charge is 0.451 e. The Morgan fingerprint density at radius 1 is 0.829 bits per heavy atom. The Morgan fingerprint density at radius 3 is 1.60 bits per heavy atom. The number of carbonyl (C=O) groups excluding carboxylic acids is 2. The number of alkyl halides is 8. The van der Waals surface area contributed by atoms with Crippen molar-refractivity contribution in [3.63, 3.8) is 0 Å². The third kappa shape index (κ3) is 8.43. The Morgan fingerprint density at radius 2 is 1.26 bits per heavy atom. The van der Waals surface area contributed by atoms with Crippen molar-refractivity contribution in [1.82, 2.24) is 0 Å². The number of halogens is 8. The predicted octanol–water partition coefficient (Wildman–Crippen LogP) is 4.31. The maximum absolute atomic E-state index is 13.3. The minimum atomic E-state index is -5.48. The van der Waals surface area contributed by atoms with Crippen molar-refractivity contribution >= 4 is 22.1 Å². The summed E-state index contributed by atoms with van der Waals surface area (Å²) in [4.78, 5) is 24.4. The third-order valence-electron chi connectivity index (χ3n) is 6.26. The number of rotatable bonds is 7. The summed E-state index contributed by atoms with van der Waals surface area (Å²) in [6.45, 7) is -0.0188. The zero-order chi connectivity index (χ0) is 27.0. The number of fused-ring (bicyclic) bond motifs is 1. The lowest BCUT2D eigenvalue weighted by Crippen LogP contribution is -2.48. The molecule has 1 N–H and O–H groups in total. The SMILES string of the molecule is CC(F)(F)C(OC(=O)C1CCC2CC(C(=O)OC(CS(=O)(=O)O)C(F)(F)F)CCC2C1)C(F)(F)F. The molecule has 0 amide bonds. The van der Waals surface area contributed by atoms with Gasteiger partial charge >= 0.3 is 24.3 Å². The highest BCUT2D eigenvalue weighted by molar-refractivity contribution is 7.85. The topological polar surface area (TPSA) is 107 Å². The fourth-order valence-corrected chi connectivity index (χ4v) is 5.25. The van der Waals surface area contributed by atoms with Crippen LogP contribution < -0.4 is 0 Å². The molecule has 0 aromatic heterocycles. The van der Waals surface area contributed by atoms with Crippen molar-refractivity contribution in [2.24, 2.45) is 23.7 Å². The first kappa shape index (κ1) is 29.5. The van der Waals surface area contributed by atoms with Gasteiger partial charge in [0.05, 0.1) is 11.8 Å². The summed E-state index contributed by atoms with van der Waals surface area (Å²) in [5.74, 6) is -11.7. The molecule has 0 radical (unpaired) electrons. The normalized spacial score (nSPS) is 27.9. The van der Waals surface area contributed by atoms with Gasteiger partial charge in [-0.05, 0) is 50.4 Å². The highest BCUT2D eigenvalue weighted by Crippen LogP contribution is 2.46. The first-order valence-corrected chi connectivity index (χ1v) is 12.2. The Labute approximate surface area is 195 Å². The minimum Gasteiger partial charge on any atom is -0.451 e. The van der Waals surface area contributed by atoms with Gasteiger partial charge in [0.25, 0.3) is 22.1 Å². The van der Waals surface area contributed by atoms with E-state index in [4.69, 9.17) is 4.55 Å². The van der Waals surface area contributed by atoms with Gasteiger partial charge in [0.1, 0.15) is 5.75 Å². The average Bonchev–Trinajstić information content (AvgIpc) is 2.67. The molecule has 2 aliphatic carbocycles. The predicted molar refractivity (Wildman–Crippen MR) is 101 cm³/mol. The van der Waals surface area contributed by atoms with E-state index in [1.54, 1.807) is 0 Å². The maximum Gasteiger partial charge on any atom is 0.431 e. The maximum atomic E-state index is 13.3. The van der Waals surface area contributed by atoms with E-state index in [1.807, 2.05) is 0 Å². The van der Waals surface area contributed by atoms with Crippen molar-refractivity contribution in [1.29, 1.82) is 0 Å². The first-order valence-electron chi connectivity index (χ1n) is 10.6. The van der Waals surface area contributed by atoms with Crippen LogP contribution in [0.1, 0.15) is 45.4 Å². The van der Waals surface area contributed by atoms with Crippen LogP contribution in [-0.2, 0) is 29.2 Å². The van der Waals surface area contributed by atoms with Crippen LogP contribution in [0.5, 0.6) is 0 Å². The van der Waals surface area contributed by atoms with Crippen LogP contribution in [0.2, 0.25) is 0 Å². The van der Waals surface area contributed by atoms with E-state index in [0.717, 1.165) is 0 Å². The van der Waals surface area contributed by atoms with E-state index in [1.165, 1.54) is 0 Å². The van der Waals surface area contributed by atoms with E-state index >= 15 is 0 Å². The van der Waals surface area contributed by atoms with Crippen LogP contribution in [0.15, 0.2) is 0 Å². The summed E-state index contributed by atoms with van der Waals surface area (Å²) in [5, 5.41) is 0. The van der Waals surface area contributed by atoms with Crippen LogP contribution in [0.4, 0.5) is 35.1 Å². The van der Waals surface area contributed by atoms with E-state index in [2.05, 4.69) is 9.47 Å². The molecule has 0 spiro atoms. The molecule has 0 heterocycles. The molecule has 35 heavy (non-hydrogen) atoms. The zero-order valence-corrected chi connectivity index (χ0v) is 19.1. The molecule has 6 atom stereocenters. The fraction of sp³-hybridized carbons (Fsp3) is 0.895. The van der Waals surface area contributed by atoms with Gasteiger partial charge in [-0.2, -0.15) is 34.8 Å². The molecule has 0 bridgehead atoms. The molecule has 0 aromatic carbocycles. The number of ether oxygens (including phenoxy) is 2. The van der Waals surface area contributed by atoms with Gasteiger partial charge in [-0.3, -0.25) is 14.1 Å². The van der Waals surface area contributed by atoms with Crippen molar-refractivity contribution in [3.05, 3.63) is 0 Å². The van der Waals surface area contributed by atoms with Crippen LogP contribution in [0.3, 0.4) is 0 Å². The van der Waals surface area contributed by atoms with E-state index in [9.17, 15) is 53.1 Å². The molecule has 0 saturated heterocycles. The molecule has 7 nitrogen and oxygen atoms in total. The molecule has 2 rings (SSSR count). The average molecular weight is 548 g/mol. The van der Waals surface area contributed by atoms with Crippen LogP contribution >= 0.6 is 0 Å². The van der Waals surface area contributed by atoms with Crippen molar-refractivity contribution < 1.29 is 67.2 Å². The Kier molecular flexibility index (Phi) is 8.72. The Bertz CT molecular complexity index is 867. The van der Waals surface area contributed by atoms with Gasteiger partial charge in [0.15, 0.2) is 0 Å². The van der Waals surface area contributed by atoms with Gasteiger partial charge in [-0.25, -0.2) is 8.78 Å². The summed E-state index contributed by atoms with van der Waals surface area (Å²) < 4.78 is 143. The summed E-state index contributed by atoms with van der Waals surface area (Å²) in [7, 11) is -5.10.